The first kappa shape index (κ1) is 11.6. The molecule has 1 atom stereocenters. The van der Waals surface area contributed by atoms with Crippen LogP contribution in [0.15, 0.2) is 0 Å². The minimum atomic E-state index is -0.149. The van der Waals surface area contributed by atoms with Crippen molar-refractivity contribution in [3.63, 3.8) is 0 Å². The lowest BCUT2D eigenvalue weighted by Crippen LogP contribution is -2.19. The SMILES string of the molecule is CCCCCCC(O)CNI. The monoisotopic (exact) mass is 271 g/mol. The van der Waals surface area contributed by atoms with Crippen molar-refractivity contribution in [3.05, 3.63) is 0 Å². The molecular formula is C8H18INO. The first-order valence-corrected chi connectivity index (χ1v) is 5.40. The highest BCUT2D eigenvalue weighted by Gasteiger charge is 2.00. The van der Waals surface area contributed by atoms with Crippen LogP contribution in [0.4, 0.5) is 0 Å². The zero-order valence-electron chi connectivity index (χ0n) is 7.15. The summed E-state index contributed by atoms with van der Waals surface area (Å²) in [6.45, 7) is 2.91. The van der Waals surface area contributed by atoms with Gasteiger partial charge in [-0.25, -0.2) is 0 Å². The number of aliphatic hydroxyl groups is 1. The van der Waals surface area contributed by atoms with E-state index in [1.165, 1.54) is 19.3 Å². The van der Waals surface area contributed by atoms with E-state index in [0.717, 1.165) is 12.8 Å². The number of halogens is 1. The summed E-state index contributed by atoms with van der Waals surface area (Å²) in [5, 5.41) is 9.28. The van der Waals surface area contributed by atoms with Crippen molar-refractivity contribution in [1.29, 1.82) is 0 Å². The third kappa shape index (κ3) is 8.56. The molecule has 0 fully saturated rings. The Labute approximate surface area is 83.3 Å². The second-order valence-electron chi connectivity index (χ2n) is 2.84. The average Bonchev–Trinajstić information content (AvgIpc) is 1.99. The van der Waals surface area contributed by atoms with Gasteiger partial charge in [0.15, 0.2) is 0 Å². The van der Waals surface area contributed by atoms with Gasteiger partial charge in [-0.15, -0.1) is 0 Å². The lowest BCUT2D eigenvalue weighted by atomic mass is 10.1. The zero-order valence-corrected chi connectivity index (χ0v) is 9.30. The van der Waals surface area contributed by atoms with Gasteiger partial charge in [-0.3, -0.25) is 3.53 Å². The summed E-state index contributed by atoms with van der Waals surface area (Å²) in [6.07, 6.45) is 5.77. The van der Waals surface area contributed by atoms with Crippen LogP contribution in [0.5, 0.6) is 0 Å². The quantitative estimate of drug-likeness (QED) is 0.423. The largest absolute Gasteiger partial charge is 0.392 e. The smallest absolute Gasteiger partial charge is 0.0672 e. The van der Waals surface area contributed by atoms with Crippen molar-refractivity contribution >= 4 is 22.9 Å². The highest BCUT2D eigenvalue weighted by atomic mass is 127. The first-order chi connectivity index (χ1) is 5.31. The van der Waals surface area contributed by atoms with Gasteiger partial charge in [0.2, 0.25) is 0 Å². The normalized spacial score (nSPS) is 13.4. The Morgan fingerprint density at radius 1 is 1.36 bits per heavy atom. The van der Waals surface area contributed by atoms with Crippen molar-refractivity contribution in [2.24, 2.45) is 0 Å². The van der Waals surface area contributed by atoms with E-state index in [0.29, 0.717) is 6.54 Å². The van der Waals surface area contributed by atoms with Crippen LogP contribution in [0.3, 0.4) is 0 Å². The van der Waals surface area contributed by atoms with Crippen LogP contribution in [0.25, 0.3) is 0 Å². The Bertz CT molecular complexity index is 80.5. The molecular weight excluding hydrogens is 253 g/mol. The summed E-state index contributed by atoms with van der Waals surface area (Å²) < 4.78 is 2.93. The zero-order chi connectivity index (χ0) is 8.53. The highest BCUT2D eigenvalue weighted by Crippen LogP contribution is 2.04. The fourth-order valence-electron chi connectivity index (χ4n) is 0.998. The van der Waals surface area contributed by atoms with E-state index >= 15 is 0 Å². The second kappa shape index (κ2) is 8.74. The van der Waals surface area contributed by atoms with Gasteiger partial charge in [0.05, 0.1) is 6.10 Å². The van der Waals surface area contributed by atoms with Gasteiger partial charge in [0.1, 0.15) is 0 Å². The molecule has 0 radical (unpaired) electrons. The van der Waals surface area contributed by atoms with Gasteiger partial charge in [-0.1, -0.05) is 32.6 Å². The van der Waals surface area contributed by atoms with Crippen LogP contribution in [-0.2, 0) is 0 Å². The molecule has 0 aliphatic rings. The Hall–Kier alpha value is 0.650. The van der Waals surface area contributed by atoms with Gasteiger partial charge in [0.25, 0.3) is 0 Å². The summed E-state index contributed by atoms with van der Waals surface area (Å²) in [7, 11) is 0. The molecule has 0 aromatic carbocycles. The number of unbranched alkanes of at least 4 members (excludes halogenated alkanes) is 3. The van der Waals surface area contributed by atoms with Crippen LogP contribution in [0.1, 0.15) is 39.0 Å². The predicted molar refractivity (Wildman–Crippen MR) is 56.8 cm³/mol. The molecule has 2 N–H and O–H groups in total. The molecule has 0 aromatic rings. The number of hydrogen-bond acceptors (Lipinski definition) is 2. The molecule has 0 saturated heterocycles. The molecule has 11 heavy (non-hydrogen) atoms. The average molecular weight is 271 g/mol. The van der Waals surface area contributed by atoms with Crippen molar-refractivity contribution in [2.75, 3.05) is 6.54 Å². The number of nitrogens with one attached hydrogen (secondary N) is 1. The van der Waals surface area contributed by atoms with Crippen LogP contribution >= 0.6 is 22.9 Å². The minimum Gasteiger partial charge on any atom is -0.392 e. The third-order valence-electron chi connectivity index (χ3n) is 1.70. The Morgan fingerprint density at radius 3 is 2.64 bits per heavy atom. The summed E-state index contributed by atoms with van der Waals surface area (Å²) in [6, 6.07) is 0. The van der Waals surface area contributed by atoms with Crippen LogP contribution in [-0.4, -0.2) is 17.8 Å². The maximum Gasteiger partial charge on any atom is 0.0672 e. The van der Waals surface area contributed by atoms with E-state index in [4.69, 9.17) is 0 Å². The number of aliphatic hydroxyl groups excluding tert-OH is 1. The fraction of sp³-hybridized carbons (Fsp3) is 1.00. The van der Waals surface area contributed by atoms with E-state index < -0.39 is 0 Å². The number of hydrogen-bond donors (Lipinski definition) is 2. The Morgan fingerprint density at radius 2 is 2.09 bits per heavy atom. The molecule has 0 aliphatic heterocycles. The summed E-state index contributed by atoms with van der Waals surface area (Å²) in [4.78, 5) is 0. The standard InChI is InChI=1S/C8H18INO/c1-2-3-4-5-6-8(11)7-10-9/h8,10-11H,2-7H2,1H3. The fourth-order valence-corrected chi connectivity index (χ4v) is 1.51. The van der Waals surface area contributed by atoms with Gasteiger partial charge in [-0.05, 0) is 6.42 Å². The molecule has 0 saturated carbocycles. The van der Waals surface area contributed by atoms with E-state index in [2.05, 4.69) is 33.3 Å². The molecule has 68 valence electrons. The molecule has 0 bridgehead atoms. The molecule has 0 aliphatic carbocycles. The van der Waals surface area contributed by atoms with Crippen LogP contribution in [0.2, 0.25) is 0 Å². The van der Waals surface area contributed by atoms with Gasteiger partial charge in [0, 0.05) is 29.4 Å². The van der Waals surface area contributed by atoms with Crippen molar-refractivity contribution in [1.82, 2.24) is 3.53 Å². The lowest BCUT2D eigenvalue weighted by molar-refractivity contribution is 0.166. The number of rotatable bonds is 7. The van der Waals surface area contributed by atoms with Crippen LogP contribution in [0, 0.1) is 0 Å². The summed E-state index contributed by atoms with van der Waals surface area (Å²) in [5.74, 6) is 0. The minimum absolute atomic E-state index is 0.149. The van der Waals surface area contributed by atoms with Crippen molar-refractivity contribution in [3.8, 4) is 0 Å². The van der Waals surface area contributed by atoms with Crippen molar-refractivity contribution < 1.29 is 5.11 Å². The van der Waals surface area contributed by atoms with Gasteiger partial charge >= 0.3 is 0 Å². The van der Waals surface area contributed by atoms with Crippen LogP contribution < -0.4 is 3.53 Å². The van der Waals surface area contributed by atoms with Gasteiger partial charge in [-0.2, -0.15) is 0 Å². The van der Waals surface area contributed by atoms with E-state index in [1.807, 2.05) is 0 Å². The van der Waals surface area contributed by atoms with E-state index in [1.54, 1.807) is 0 Å². The topological polar surface area (TPSA) is 32.3 Å². The summed E-state index contributed by atoms with van der Waals surface area (Å²) in [5.41, 5.74) is 0. The molecule has 2 nitrogen and oxygen atoms in total. The second-order valence-corrected chi connectivity index (χ2v) is 3.60. The maximum atomic E-state index is 9.28. The summed E-state index contributed by atoms with van der Waals surface area (Å²) >= 11 is 2.06. The lowest BCUT2D eigenvalue weighted by Gasteiger charge is -2.07. The predicted octanol–water partition coefficient (Wildman–Crippen LogP) is 2.26. The molecule has 0 heterocycles. The maximum absolute atomic E-state index is 9.28. The highest BCUT2D eigenvalue weighted by molar-refractivity contribution is 14.1. The Balaban J connectivity index is 2.97. The molecule has 1 unspecified atom stereocenters. The molecule has 0 aromatic heterocycles. The molecule has 3 heteroatoms. The van der Waals surface area contributed by atoms with E-state index in [9.17, 15) is 5.11 Å². The van der Waals surface area contributed by atoms with E-state index in [-0.39, 0.29) is 6.10 Å². The van der Waals surface area contributed by atoms with Gasteiger partial charge < -0.3 is 5.11 Å². The molecule has 0 amide bonds. The first-order valence-electron chi connectivity index (χ1n) is 4.32. The third-order valence-corrected chi connectivity index (χ3v) is 2.14. The molecule has 0 spiro atoms. The van der Waals surface area contributed by atoms with Crippen molar-refractivity contribution in [2.45, 2.75) is 45.1 Å². The Kier molecular flexibility index (Phi) is 9.26. The molecule has 0 rings (SSSR count).